The predicted octanol–water partition coefficient (Wildman–Crippen LogP) is 1.32. The lowest BCUT2D eigenvalue weighted by molar-refractivity contribution is -0.141. The summed E-state index contributed by atoms with van der Waals surface area (Å²) in [5.41, 5.74) is 1.83. The number of carbonyl (C=O) groups excluding carboxylic acids is 1. The molecule has 82 valence electrons. The maximum absolute atomic E-state index is 11.2. The molecule has 0 spiro atoms. The van der Waals surface area contributed by atoms with Gasteiger partial charge in [0.1, 0.15) is 11.8 Å². The lowest BCUT2D eigenvalue weighted by Crippen LogP contribution is -2.27. The fourth-order valence-electron chi connectivity index (χ4n) is 1.62. The van der Waals surface area contributed by atoms with E-state index < -0.39 is 0 Å². The van der Waals surface area contributed by atoms with Crippen molar-refractivity contribution >= 4 is 24.1 Å². The highest BCUT2D eigenvalue weighted by atomic mass is 35.5. The summed E-state index contributed by atoms with van der Waals surface area (Å²) in [4.78, 5) is 11.2. The normalized spacial score (nSPS) is 17.3. The number of esters is 1. The van der Waals surface area contributed by atoms with Crippen molar-refractivity contribution in [3.8, 4) is 5.75 Å². The summed E-state index contributed by atoms with van der Waals surface area (Å²) in [7, 11) is 1.37. The standard InChI is InChI=1S/C10H11NO3.ClH/c1-14-10(13)9-4-6-2-3-7(12)5-8(6)11-9;/h2-3,5,9,11-12H,4H2,1H3;1H. The molecule has 2 rings (SSSR count). The topological polar surface area (TPSA) is 58.6 Å². The Morgan fingerprint density at radius 2 is 2.33 bits per heavy atom. The van der Waals surface area contributed by atoms with Crippen molar-refractivity contribution in [2.24, 2.45) is 0 Å². The molecule has 1 aliphatic heterocycles. The van der Waals surface area contributed by atoms with E-state index in [9.17, 15) is 9.90 Å². The second kappa shape index (κ2) is 4.40. The Hall–Kier alpha value is -1.42. The molecule has 0 fully saturated rings. The zero-order valence-corrected chi connectivity index (χ0v) is 9.00. The minimum atomic E-state index is -0.322. The molecule has 5 heteroatoms. The SMILES string of the molecule is COC(=O)C1Cc2ccc(O)cc2N1.Cl. The number of hydrogen-bond acceptors (Lipinski definition) is 4. The first-order chi connectivity index (χ1) is 6.70. The molecule has 4 nitrogen and oxygen atoms in total. The molecule has 15 heavy (non-hydrogen) atoms. The maximum Gasteiger partial charge on any atom is 0.328 e. The number of ether oxygens (including phenoxy) is 1. The number of benzene rings is 1. The van der Waals surface area contributed by atoms with E-state index in [1.165, 1.54) is 7.11 Å². The summed E-state index contributed by atoms with van der Waals surface area (Å²) in [5.74, 6) is -0.0811. The molecule has 0 aromatic heterocycles. The van der Waals surface area contributed by atoms with Crippen LogP contribution in [0.2, 0.25) is 0 Å². The molecule has 1 heterocycles. The molecule has 0 saturated carbocycles. The molecule has 1 aromatic rings. The highest BCUT2D eigenvalue weighted by Crippen LogP contribution is 2.29. The van der Waals surface area contributed by atoms with Gasteiger partial charge in [-0.25, -0.2) is 4.79 Å². The third-order valence-corrected chi connectivity index (χ3v) is 2.33. The van der Waals surface area contributed by atoms with Gasteiger partial charge >= 0.3 is 5.97 Å². The third kappa shape index (κ3) is 2.15. The summed E-state index contributed by atoms with van der Waals surface area (Å²) >= 11 is 0. The Kier molecular flexibility index (Phi) is 3.42. The number of carbonyl (C=O) groups is 1. The number of methoxy groups -OCH3 is 1. The van der Waals surface area contributed by atoms with Crippen molar-refractivity contribution < 1.29 is 14.6 Å². The minimum Gasteiger partial charge on any atom is -0.508 e. The van der Waals surface area contributed by atoms with Gasteiger partial charge in [0.25, 0.3) is 0 Å². The Labute approximate surface area is 93.7 Å². The quantitative estimate of drug-likeness (QED) is 0.714. The van der Waals surface area contributed by atoms with Crippen molar-refractivity contribution in [3.05, 3.63) is 23.8 Å². The van der Waals surface area contributed by atoms with Crippen molar-refractivity contribution in [2.45, 2.75) is 12.5 Å². The highest BCUT2D eigenvalue weighted by Gasteiger charge is 2.27. The van der Waals surface area contributed by atoms with Crippen molar-refractivity contribution in [3.63, 3.8) is 0 Å². The molecule has 1 aliphatic rings. The second-order valence-corrected chi connectivity index (χ2v) is 3.27. The first kappa shape index (κ1) is 11.7. The van der Waals surface area contributed by atoms with Gasteiger partial charge in [0.2, 0.25) is 0 Å². The fraction of sp³-hybridized carbons (Fsp3) is 0.300. The van der Waals surface area contributed by atoms with Gasteiger partial charge in [-0.15, -0.1) is 12.4 Å². The van der Waals surface area contributed by atoms with Crippen LogP contribution in [0.4, 0.5) is 5.69 Å². The summed E-state index contributed by atoms with van der Waals surface area (Å²) in [6, 6.07) is 4.70. The maximum atomic E-state index is 11.2. The van der Waals surface area contributed by atoms with Gasteiger partial charge in [0.05, 0.1) is 7.11 Å². The molecule has 0 amide bonds. The summed E-state index contributed by atoms with van der Waals surface area (Å²) in [5, 5.41) is 12.2. The van der Waals surface area contributed by atoms with E-state index in [4.69, 9.17) is 0 Å². The number of anilines is 1. The van der Waals surface area contributed by atoms with Crippen LogP contribution in [-0.4, -0.2) is 24.2 Å². The van der Waals surface area contributed by atoms with E-state index in [1.807, 2.05) is 0 Å². The van der Waals surface area contributed by atoms with Crippen LogP contribution in [0.25, 0.3) is 0 Å². The lowest BCUT2D eigenvalue weighted by atomic mass is 10.1. The van der Waals surface area contributed by atoms with Crippen LogP contribution in [0.15, 0.2) is 18.2 Å². The van der Waals surface area contributed by atoms with E-state index in [2.05, 4.69) is 10.1 Å². The molecule has 0 radical (unpaired) electrons. The smallest absolute Gasteiger partial charge is 0.328 e. The molecule has 1 atom stereocenters. The molecular weight excluding hydrogens is 218 g/mol. The first-order valence-electron chi connectivity index (χ1n) is 4.37. The van der Waals surface area contributed by atoms with Gasteiger partial charge < -0.3 is 15.2 Å². The number of fused-ring (bicyclic) bond motifs is 1. The van der Waals surface area contributed by atoms with Gasteiger partial charge in [-0.3, -0.25) is 0 Å². The van der Waals surface area contributed by atoms with E-state index in [0.717, 1.165) is 11.3 Å². The van der Waals surface area contributed by atoms with E-state index in [-0.39, 0.29) is 30.2 Å². The summed E-state index contributed by atoms with van der Waals surface area (Å²) in [6.45, 7) is 0. The van der Waals surface area contributed by atoms with Crippen LogP contribution in [0.5, 0.6) is 5.75 Å². The van der Waals surface area contributed by atoms with Crippen LogP contribution in [0.3, 0.4) is 0 Å². The first-order valence-corrected chi connectivity index (χ1v) is 4.37. The zero-order chi connectivity index (χ0) is 10.1. The van der Waals surface area contributed by atoms with Crippen molar-refractivity contribution in [2.75, 3.05) is 12.4 Å². The average Bonchev–Trinajstić information content (AvgIpc) is 2.59. The number of aromatic hydroxyl groups is 1. The van der Waals surface area contributed by atoms with Crippen molar-refractivity contribution in [1.29, 1.82) is 0 Å². The number of halogens is 1. The van der Waals surface area contributed by atoms with Gasteiger partial charge in [0, 0.05) is 18.2 Å². The Morgan fingerprint density at radius 3 is 3.00 bits per heavy atom. The van der Waals surface area contributed by atoms with Gasteiger partial charge in [0.15, 0.2) is 0 Å². The largest absolute Gasteiger partial charge is 0.508 e. The summed E-state index contributed by atoms with van der Waals surface area (Å²) in [6.07, 6.45) is 0.613. The van der Waals surface area contributed by atoms with Crippen LogP contribution < -0.4 is 5.32 Å². The zero-order valence-electron chi connectivity index (χ0n) is 8.19. The average molecular weight is 230 g/mol. The van der Waals surface area contributed by atoms with Crippen LogP contribution >= 0.6 is 12.4 Å². The van der Waals surface area contributed by atoms with Gasteiger partial charge in [-0.2, -0.15) is 0 Å². The predicted molar refractivity (Wildman–Crippen MR) is 58.5 cm³/mol. The third-order valence-electron chi connectivity index (χ3n) is 2.33. The van der Waals surface area contributed by atoms with E-state index in [1.54, 1.807) is 18.2 Å². The second-order valence-electron chi connectivity index (χ2n) is 3.27. The molecule has 1 aromatic carbocycles. The van der Waals surface area contributed by atoms with Gasteiger partial charge in [-0.1, -0.05) is 6.07 Å². The van der Waals surface area contributed by atoms with E-state index in [0.29, 0.717) is 6.42 Å². The Bertz CT molecular complexity index is 381. The molecule has 0 bridgehead atoms. The molecular formula is C10H12ClNO3. The fourth-order valence-corrected chi connectivity index (χ4v) is 1.62. The van der Waals surface area contributed by atoms with Crippen LogP contribution in [0, 0.1) is 0 Å². The monoisotopic (exact) mass is 229 g/mol. The number of hydrogen-bond donors (Lipinski definition) is 2. The lowest BCUT2D eigenvalue weighted by Gasteiger charge is -2.07. The highest BCUT2D eigenvalue weighted by molar-refractivity contribution is 5.85. The number of phenols is 1. The van der Waals surface area contributed by atoms with Crippen LogP contribution in [-0.2, 0) is 16.0 Å². The number of nitrogens with one attached hydrogen (secondary N) is 1. The number of rotatable bonds is 1. The minimum absolute atomic E-state index is 0. The molecule has 0 aliphatic carbocycles. The number of phenolic OH excluding ortho intramolecular Hbond substituents is 1. The Morgan fingerprint density at radius 1 is 1.60 bits per heavy atom. The molecule has 0 saturated heterocycles. The molecule has 2 N–H and O–H groups in total. The summed E-state index contributed by atoms with van der Waals surface area (Å²) < 4.78 is 4.63. The van der Waals surface area contributed by atoms with E-state index >= 15 is 0 Å². The Balaban J connectivity index is 0.00000112. The van der Waals surface area contributed by atoms with Gasteiger partial charge in [-0.05, 0) is 11.6 Å². The molecule has 1 unspecified atom stereocenters. The van der Waals surface area contributed by atoms with Crippen molar-refractivity contribution in [1.82, 2.24) is 0 Å². The van der Waals surface area contributed by atoms with Crippen LogP contribution in [0.1, 0.15) is 5.56 Å².